The van der Waals surface area contributed by atoms with Crippen molar-refractivity contribution in [2.75, 3.05) is 0 Å². The van der Waals surface area contributed by atoms with Crippen molar-refractivity contribution < 1.29 is 4.74 Å². The van der Waals surface area contributed by atoms with Gasteiger partial charge in [0.2, 0.25) is 0 Å². The quantitative estimate of drug-likeness (QED) is 0.780. The van der Waals surface area contributed by atoms with Crippen molar-refractivity contribution in [2.24, 2.45) is 0 Å². The van der Waals surface area contributed by atoms with Crippen LogP contribution in [0.25, 0.3) is 10.9 Å². The van der Waals surface area contributed by atoms with Crippen molar-refractivity contribution in [3.05, 3.63) is 22.8 Å². The summed E-state index contributed by atoms with van der Waals surface area (Å²) < 4.78 is 8.98. The summed E-state index contributed by atoms with van der Waals surface area (Å²) in [7, 11) is 0. The molecule has 0 bridgehead atoms. The maximum Gasteiger partial charge on any atom is 0.136 e. The second-order valence-electron chi connectivity index (χ2n) is 5.91. The van der Waals surface area contributed by atoms with Crippen LogP contribution in [0.5, 0.6) is 5.75 Å². The zero-order valence-electron chi connectivity index (χ0n) is 12.1. The van der Waals surface area contributed by atoms with Gasteiger partial charge in [0.1, 0.15) is 5.75 Å². The molecule has 1 aromatic carbocycles. The minimum absolute atomic E-state index is 0.171. The molecule has 0 aliphatic heterocycles. The van der Waals surface area contributed by atoms with Crippen LogP contribution in [0, 0.1) is 0 Å². The molecule has 20 heavy (non-hydrogen) atoms. The third-order valence-corrected chi connectivity index (χ3v) is 4.51. The van der Waals surface area contributed by atoms with Crippen LogP contribution in [0.1, 0.15) is 52.0 Å². The fourth-order valence-electron chi connectivity index (χ4n) is 2.92. The van der Waals surface area contributed by atoms with Crippen LogP contribution < -0.4 is 4.74 Å². The number of benzene rings is 1. The Balaban J connectivity index is 1.93. The molecular weight excluding hydrogens is 316 g/mol. The summed E-state index contributed by atoms with van der Waals surface area (Å²) in [6.45, 7) is 4.08. The van der Waals surface area contributed by atoms with Gasteiger partial charge in [-0.3, -0.25) is 4.68 Å². The number of rotatable bonds is 3. The first-order valence-electron chi connectivity index (χ1n) is 7.48. The minimum Gasteiger partial charge on any atom is -0.490 e. The average molecular weight is 337 g/mol. The molecule has 1 heterocycles. The largest absolute Gasteiger partial charge is 0.490 e. The van der Waals surface area contributed by atoms with Gasteiger partial charge in [-0.15, -0.1) is 0 Å². The predicted molar refractivity (Wildman–Crippen MR) is 85.3 cm³/mol. The lowest BCUT2D eigenvalue weighted by Crippen LogP contribution is -2.12. The zero-order chi connectivity index (χ0) is 14.1. The van der Waals surface area contributed by atoms with Gasteiger partial charge in [0.05, 0.1) is 22.1 Å². The van der Waals surface area contributed by atoms with Crippen LogP contribution in [0.15, 0.2) is 22.8 Å². The molecule has 4 heteroatoms. The molecule has 108 valence electrons. The Morgan fingerprint density at radius 1 is 1.25 bits per heavy atom. The SMILES string of the molecule is CC(C)Oc1cc2nn(C3CCCCC3)cc2cc1Br. The van der Waals surface area contributed by atoms with Gasteiger partial charge in [-0.1, -0.05) is 19.3 Å². The van der Waals surface area contributed by atoms with Gasteiger partial charge >= 0.3 is 0 Å². The molecule has 3 rings (SSSR count). The number of ether oxygens (including phenoxy) is 1. The van der Waals surface area contributed by atoms with Crippen molar-refractivity contribution >= 4 is 26.8 Å². The first-order valence-corrected chi connectivity index (χ1v) is 8.28. The van der Waals surface area contributed by atoms with Crippen LogP contribution in [-0.4, -0.2) is 15.9 Å². The molecule has 2 aromatic rings. The van der Waals surface area contributed by atoms with E-state index in [4.69, 9.17) is 9.84 Å². The van der Waals surface area contributed by atoms with Crippen LogP contribution in [0.4, 0.5) is 0 Å². The molecule has 1 fully saturated rings. The Kier molecular flexibility index (Phi) is 4.01. The van der Waals surface area contributed by atoms with Crippen molar-refractivity contribution in [2.45, 2.75) is 58.1 Å². The number of aromatic nitrogens is 2. The summed E-state index contributed by atoms with van der Waals surface area (Å²) in [5, 5.41) is 5.94. The molecular formula is C16H21BrN2O. The first-order chi connectivity index (χ1) is 9.63. The second-order valence-corrected chi connectivity index (χ2v) is 6.76. The second kappa shape index (κ2) is 5.76. The smallest absolute Gasteiger partial charge is 0.136 e. The molecule has 0 N–H and O–H groups in total. The highest BCUT2D eigenvalue weighted by atomic mass is 79.9. The van der Waals surface area contributed by atoms with Gasteiger partial charge < -0.3 is 4.74 Å². The topological polar surface area (TPSA) is 27.1 Å². The van der Waals surface area contributed by atoms with Gasteiger partial charge in [0.15, 0.2) is 0 Å². The molecule has 0 spiro atoms. The Bertz CT molecular complexity index is 600. The molecule has 0 radical (unpaired) electrons. The molecule has 1 saturated carbocycles. The first kappa shape index (κ1) is 13.9. The summed E-state index contributed by atoms with van der Waals surface area (Å²) in [5.41, 5.74) is 1.02. The lowest BCUT2D eigenvalue weighted by molar-refractivity contribution is 0.241. The predicted octanol–water partition coefficient (Wildman–Crippen LogP) is 5.09. The van der Waals surface area contributed by atoms with Crippen molar-refractivity contribution in [3.8, 4) is 5.75 Å². The van der Waals surface area contributed by atoms with Gasteiger partial charge in [-0.25, -0.2) is 0 Å². The lowest BCUT2D eigenvalue weighted by Gasteiger charge is -2.21. The van der Waals surface area contributed by atoms with Gasteiger partial charge in [0, 0.05) is 17.6 Å². The normalized spacial score (nSPS) is 17.0. The standard InChI is InChI=1S/C16H21BrN2O/c1-11(2)20-16-9-15-12(8-14(16)17)10-19(18-15)13-6-4-3-5-7-13/h8-11,13H,3-7H2,1-2H3. The van der Waals surface area contributed by atoms with Crippen molar-refractivity contribution in [3.63, 3.8) is 0 Å². The molecule has 0 amide bonds. The molecule has 1 aromatic heterocycles. The highest BCUT2D eigenvalue weighted by molar-refractivity contribution is 9.10. The average Bonchev–Trinajstić information content (AvgIpc) is 2.82. The van der Waals surface area contributed by atoms with Gasteiger partial charge in [0.25, 0.3) is 0 Å². The fourth-order valence-corrected chi connectivity index (χ4v) is 3.38. The highest BCUT2D eigenvalue weighted by Gasteiger charge is 2.17. The van der Waals surface area contributed by atoms with Crippen LogP contribution >= 0.6 is 15.9 Å². The third kappa shape index (κ3) is 2.85. The maximum absolute atomic E-state index is 5.81. The van der Waals surface area contributed by atoms with Gasteiger partial charge in [-0.05, 0) is 48.7 Å². The Morgan fingerprint density at radius 2 is 2.00 bits per heavy atom. The van der Waals surface area contributed by atoms with Crippen LogP contribution in [-0.2, 0) is 0 Å². The number of nitrogens with zero attached hydrogens (tertiary/aromatic N) is 2. The third-order valence-electron chi connectivity index (χ3n) is 3.89. The molecule has 0 unspecified atom stereocenters. The summed E-state index contributed by atoms with van der Waals surface area (Å²) in [5.74, 6) is 0.876. The summed E-state index contributed by atoms with van der Waals surface area (Å²) in [6, 6.07) is 4.72. The number of hydrogen-bond acceptors (Lipinski definition) is 2. The van der Waals surface area contributed by atoms with E-state index in [0.717, 1.165) is 15.7 Å². The Morgan fingerprint density at radius 3 is 2.70 bits per heavy atom. The summed E-state index contributed by atoms with van der Waals surface area (Å²) in [6.07, 6.45) is 8.88. The van der Waals surface area contributed by atoms with Crippen molar-refractivity contribution in [1.82, 2.24) is 9.78 Å². The van der Waals surface area contributed by atoms with E-state index >= 15 is 0 Å². The number of fused-ring (bicyclic) bond motifs is 1. The van der Waals surface area contributed by atoms with E-state index in [0.29, 0.717) is 6.04 Å². The van der Waals surface area contributed by atoms with E-state index in [1.807, 2.05) is 19.9 Å². The van der Waals surface area contributed by atoms with Crippen LogP contribution in [0.2, 0.25) is 0 Å². The lowest BCUT2D eigenvalue weighted by atomic mass is 9.96. The zero-order valence-corrected chi connectivity index (χ0v) is 13.7. The van der Waals surface area contributed by atoms with E-state index in [-0.39, 0.29) is 6.10 Å². The number of hydrogen-bond donors (Lipinski definition) is 0. The summed E-state index contributed by atoms with van der Waals surface area (Å²) in [4.78, 5) is 0. The number of halogens is 1. The van der Waals surface area contributed by atoms with Crippen molar-refractivity contribution in [1.29, 1.82) is 0 Å². The molecule has 1 aliphatic rings. The molecule has 0 atom stereocenters. The van der Waals surface area contributed by atoms with E-state index < -0.39 is 0 Å². The molecule has 1 aliphatic carbocycles. The Hall–Kier alpha value is -1.03. The van der Waals surface area contributed by atoms with E-state index in [1.54, 1.807) is 0 Å². The van der Waals surface area contributed by atoms with Crippen LogP contribution in [0.3, 0.4) is 0 Å². The molecule has 0 saturated heterocycles. The van der Waals surface area contributed by atoms with Gasteiger partial charge in [-0.2, -0.15) is 5.10 Å². The minimum atomic E-state index is 0.171. The molecule has 3 nitrogen and oxygen atoms in total. The highest BCUT2D eigenvalue weighted by Crippen LogP contribution is 2.33. The fraction of sp³-hybridized carbons (Fsp3) is 0.562. The van der Waals surface area contributed by atoms with E-state index in [1.165, 1.54) is 37.5 Å². The Labute approximate surface area is 128 Å². The van der Waals surface area contributed by atoms with E-state index in [2.05, 4.69) is 32.9 Å². The maximum atomic E-state index is 5.81. The summed E-state index contributed by atoms with van der Waals surface area (Å²) >= 11 is 3.59. The monoisotopic (exact) mass is 336 g/mol. The van der Waals surface area contributed by atoms with E-state index in [9.17, 15) is 0 Å².